The molecule has 1 amide bonds. The Kier molecular flexibility index (Phi) is 8.79. The van der Waals surface area contributed by atoms with E-state index in [1.165, 1.54) is 12.1 Å². The summed E-state index contributed by atoms with van der Waals surface area (Å²) in [7, 11) is 1.72. The summed E-state index contributed by atoms with van der Waals surface area (Å²) in [5.41, 5.74) is 0.164. The van der Waals surface area contributed by atoms with E-state index in [4.69, 9.17) is 16.5 Å². The normalized spacial score (nSPS) is 12.4. The molecule has 0 aliphatic rings. The zero-order chi connectivity index (χ0) is 21.3. The molecule has 0 fully saturated rings. The minimum absolute atomic E-state index is 0.00161. The molecule has 0 aromatic heterocycles. The van der Waals surface area contributed by atoms with E-state index in [2.05, 4.69) is 4.84 Å². The van der Waals surface area contributed by atoms with Crippen molar-refractivity contribution in [1.82, 2.24) is 9.74 Å². The number of alkyl halides is 3. The fourth-order valence-corrected chi connectivity index (χ4v) is 2.91. The molecular formula is C21H24ClF3N2O2. The van der Waals surface area contributed by atoms with Gasteiger partial charge < -0.3 is 9.64 Å². The Morgan fingerprint density at radius 1 is 1.14 bits per heavy atom. The maximum Gasteiger partial charge on any atom is 0.416 e. The van der Waals surface area contributed by atoms with E-state index >= 15 is 0 Å². The number of hydrogen-bond donors (Lipinski definition) is 1. The zero-order valence-electron chi connectivity index (χ0n) is 16.1. The predicted octanol–water partition coefficient (Wildman–Crippen LogP) is 5.20. The summed E-state index contributed by atoms with van der Waals surface area (Å²) < 4.78 is 44.2. The minimum atomic E-state index is -4.39. The highest BCUT2D eigenvalue weighted by Crippen LogP contribution is 2.32. The number of ether oxygens (including phenoxy) is 1. The van der Waals surface area contributed by atoms with Crippen LogP contribution in [0, 0.1) is 0 Å². The SMILES string of the molecule is CN(CCC(Oc1ccc(C(F)(F)F)cc1)c1ccccc1)C(=O)CCCNCl. The van der Waals surface area contributed by atoms with Crippen molar-refractivity contribution in [3.05, 3.63) is 65.7 Å². The lowest BCUT2D eigenvalue weighted by Crippen LogP contribution is -2.29. The second kappa shape index (κ2) is 11.1. The van der Waals surface area contributed by atoms with Crippen molar-refractivity contribution in [2.45, 2.75) is 31.5 Å². The van der Waals surface area contributed by atoms with Crippen molar-refractivity contribution >= 4 is 17.7 Å². The lowest BCUT2D eigenvalue weighted by Gasteiger charge is -2.24. The number of halogens is 4. The molecule has 0 heterocycles. The third kappa shape index (κ3) is 7.59. The van der Waals surface area contributed by atoms with Crippen molar-refractivity contribution < 1.29 is 22.7 Å². The monoisotopic (exact) mass is 428 g/mol. The number of nitrogens with zero attached hydrogens (tertiary/aromatic N) is 1. The molecule has 1 N–H and O–H groups in total. The molecule has 2 aromatic rings. The van der Waals surface area contributed by atoms with Gasteiger partial charge in [-0.3, -0.25) is 4.79 Å². The van der Waals surface area contributed by atoms with Gasteiger partial charge in [-0.15, -0.1) is 0 Å². The Balaban J connectivity index is 2.03. The summed E-state index contributed by atoms with van der Waals surface area (Å²) in [6.07, 6.45) is -3.27. The molecule has 8 heteroatoms. The molecule has 0 aliphatic heterocycles. The van der Waals surface area contributed by atoms with Gasteiger partial charge in [0.1, 0.15) is 11.9 Å². The maximum atomic E-state index is 12.8. The number of amides is 1. The first-order valence-electron chi connectivity index (χ1n) is 9.27. The van der Waals surface area contributed by atoms with Crippen LogP contribution in [0.3, 0.4) is 0 Å². The molecule has 0 saturated heterocycles. The van der Waals surface area contributed by atoms with E-state index in [9.17, 15) is 18.0 Å². The summed E-state index contributed by atoms with van der Waals surface area (Å²) in [5, 5.41) is 0. The lowest BCUT2D eigenvalue weighted by molar-refractivity contribution is -0.137. The van der Waals surface area contributed by atoms with Gasteiger partial charge in [-0.1, -0.05) is 30.3 Å². The van der Waals surface area contributed by atoms with Crippen LogP contribution in [-0.4, -0.2) is 30.9 Å². The van der Waals surface area contributed by atoms with Crippen LogP contribution >= 0.6 is 11.8 Å². The van der Waals surface area contributed by atoms with E-state index in [1.807, 2.05) is 30.3 Å². The first-order valence-corrected chi connectivity index (χ1v) is 9.65. The fourth-order valence-electron chi connectivity index (χ4n) is 2.78. The van der Waals surface area contributed by atoms with E-state index in [0.29, 0.717) is 38.1 Å². The number of benzene rings is 2. The molecule has 0 spiro atoms. The summed E-state index contributed by atoms with van der Waals surface area (Å²) in [4.78, 5) is 16.3. The molecule has 2 rings (SSSR count). The van der Waals surface area contributed by atoms with Gasteiger partial charge in [0.2, 0.25) is 5.91 Å². The Bertz CT molecular complexity index is 755. The van der Waals surface area contributed by atoms with Gasteiger partial charge >= 0.3 is 6.18 Å². The van der Waals surface area contributed by atoms with Crippen molar-refractivity contribution in [3.8, 4) is 5.75 Å². The van der Waals surface area contributed by atoms with Crippen molar-refractivity contribution in [2.24, 2.45) is 0 Å². The van der Waals surface area contributed by atoms with Gasteiger partial charge in [0.15, 0.2) is 0 Å². The molecule has 0 radical (unpaired) electrons. The molecule has 0 bridgehead atoms. The first-order chi connectivity index (χ1) is 13.8. The highest BCUT2D eigenvalue weighted by atomic mass is 35.5. The van der Waals surface area contributed by atoms with Crippen LogP contribution < -0.4 is 9.57 Å². The minimum Gasteiger partial charge on any atom is -0.486 e. The summed E-state index contributed by atoms with van der Waals surface area (Å²) in [5.74, 6) is 0.340. The number of carbonyl (C=O) groups excluding carboxylic acids is 1. The lowest BCUT2D eigenvalue weighted by atomic mass is 10.1. The first kappa shape index (κ1) is 23.0. The smallest absolute Gasteiger partial charge is 0.416 e. The third-order valence-corrected chi connectivity index (χ3v) is 4.63. The molecular weight excluding hydrogens is 405 g/mol. The van der Waals surface area contributed by atoms with Crippen LogP contribution in [0.5, 0.6) is 5.75 Å². The van der Waals surface area contributed by atoms with Gasteiger partial charge in [0, 0.05) is 33.0 Å². The number of hydrogen-bond acceptors (Lipinski definition) is 3. The predicted molar refractivity (Wildman–Crippen MR) is 107 cm³/mol. The van der Waals surface area contributed by atoms with Crippen molar-refractivity contribution in [3.63, 3.8) is 0 Å². The summed E-state index contributed by atoms with van der Waals surface area (Å²) in [6.45, 7) is 0.998. The average Bonchev–Trinajstić information content (AvgIpc) is 2.71. The third-order valence-electron chi connectivity index (χ3n) is 4.45. The maximum absolute atomic E-state index is 12.8. The zero-order valence-corrected chi connectivity index (χ0v) is 16.8. The molecule has 0 aliphatic carbocycles. The topological polar surface area (TPSA) is 41.6 Å². The molecule has 4 nitrogen and oxygen atoms in total. The van der Waals surface area contributed by atoms with Crippen LogP contribution in [0.4, 0.5) is 13.2 Å². The molecule has 1 unspecified atom stereocenters. The Morgan fingerprint density at radius 2 is 1.79 bits per heavy atom. The van der Waals surface area contributed by atoms with E-state index < -0.39 is 17.8 Å². The van der Waals surface area contributed by atoms with Gasteiger partial charge in [-0.2, -0.15) is 13.2 Å². The van der Waals surface area contributed by atoms with Crippen LogP contribution in [-0.2, 0) is 11.0 Å². The van der Waals surface area contributed by atoms with Gasteiger partial charge in [-0.05, 0) is 48.0 Å². The van der Waals surface area contributed by atoms with Crippen LogP contribution in [0.1, 0.15) is 36.5 Å². The van der Waals surface area contributed by atoms with E-state index in [1.54, 1.807) is 11.9 Å². The van der Waals surface area contributed by atoms with Crippen LogP contribution in [0.15, 0.2) is 54.6 Å². The van der Waals surface area contributed by atoms with Crippen LogP contribution in [0.25, 0.3) is 0 Å². The molecule has 158 valence electrons. The summed E-state index contributed by atoms with van der Waals surface area (Å²) >= 11 is 5.39. The van der Waals surface area contributed by atoms with Crippen molar-refractivity contribution in [1.29, 1.82) is 0 Å². The van der Waals surface area contributed by atoms with Crippen molar-refractivity contribution in [2.75, 3.05) is 20.1 Å². The molecule has 1 atom stereocenters. The molecule has 29 heavy (non-hydrogen) atoms. The van der Waals surface area contributed by atoms with Gasteiger partial charge in [0.25, 0.3) is 0 Å². The standard InChI is InChI=1S/C21H24ClF3N2O2/c1-27(20(28)8-5-14-26-22)15-13-19(16-6-3-2-4-7-16)29-18-11-9-17(10-12-18)21(23,24)25/h2-4,6-7,9-12,19,26H,5,8,13-15H2,1H3. The van der Waals surface area contributed by atoms with E-state index in [-0.39, 0.29) is 5.91 Å². The van der Waals surface area contributed by atoms with Gasteiger partial charge in [-0.25, -0.2) is 4.84 Å². The van der Waals surface area contributed by atoms with Gasteiger partial charge in [0.05, 0.1) is 5.56 Å². The fraction of sp³-hybridized carbons (Fsp3) is 0.381. The Morgan fingerprint density at radius 3 is 2.38 bits per heavy atom. The second-order valence-corrected chi connectivity index (χ2v) is 6.90. The van der Waals surface area contributed by atoms with E-state index in [0.717, 1.165) is 17.7 Å². The number of rotatable bonds is 10. The molecule has 2 aromatic carbocycles. The Hall–Kier alpha value is -2.25. The second-order valence-electron chi connectivity index (χ2n) is 6.63. The average molecular weight is 429 g/mol. The number of nitrogens with one attached hydrogen (secondary N) is 1. The van der Waals surface area contributed by atoms with Crippen LogP contribution in [0.2, 0.25) is 0 Å². The quantitative estimate of drug-likeness (QED) is 0.418. The molecule has 0 saturated carbocycles. The highest BCUT2D eigenvalue weighted by Gasteiger charge is 2.30. The highest BCUT2D eigenvalue weighted by molar-refractivity contribution is 6.13. The Labute approximate surface area is 173 Å². The summed E-state index contributed by atoms with van der Waals surface area (Å²) in [6, 6.07) is 14.0. The number of carbonyl (C=O) groups is 1. The largest absolute Gasteiger partial charge is 0.486 e.